The molecule has 0 saturated carbocycles. The quantitative estimate of drug-likeness (QED) is 0.700. The number of ether oxygens (including phenoxy) is 1. The number of carbonyl (C=O) groups is 2. The topological polar surface area (TPSA) is 78.5 Å². The first-order chi connectivity index (χ1) is 14.3. The maximum Gasteiger partial charge on any atom is 0.410 e. The summed E-state index contributed by atoms with van der Waals surface area (Å²) >= 11 is 0. The average Bonchev–Trinajstić information content (AvgIpc) is 3.16. The standard InChI is InChI=1S/C23H26N4O3/c1-23(2,3)30-22(29)27-14-12-26(13-15-27)21(28)17-10-8-16(9-11-17)20-24-18-6-4-5-7-19(18)25-20/h4-11H,12-15H2,1-3H3,(H,24,25). The number of piperazine rings is 1. The van der Waals surface area contributed by atoms with E-state index >= 15 is 0 Å². The number of nitrogens with zero attached hydrogens (tertiary/aromatic N) is 3. The van der Waals surface area contributed by atoms with Gasteiger partial charge < -0.3 is 19.5 Å². The number of fused-ring (bicyclic) bond motifs is 1. The van der Waals surface area contributed by atoms with Crippen LogP contribution in [0.25, 0.3) is 22.4 Å². The minimum atomic E-state index is -0.522. The smallest absolute Gasteiger partial charge is 0.410 e. The highest BCUT2D eigenvalue weighted by Gasteiger charge is 2.28. The van der Waals surface area contributed by atoms with Gasteiger partial charge in [0.15, 0.2) is 0 Å². The number of carbonyl (C=O) groups excluding carboxylic acids is 2. The van der Waals surface area contributed by atoms with Gasteiger partial charge in [-0.1, -0.05) is 24.3 Å². The van der Waals surface area contributed by atoms with Crippen molar-refractivity contribution >= 4 is 23.0 Å². The first kappa shape index (κ1) is 19.9. The summed E-state index contributed by atoms with van der Waals surface area (Å²) < 4.78 is 5.41. The Bertz CT molecular complexity index is 1020. The molecule has 1 saturated heterocycles. The van der Waals surface area contributed by atoms with Crippen molar-refractivity contribution in [1.29, 1.82) is 0 Å². The third kappa shape index (κ3) is 4.30. The fourth-order valence-electron chi connectivity index (χ4n) is 3.46. The van der Waals surface area contributed by atoms with Crippen molar-refractivity contribution in [2.75, 3.05) is 26.2 Å². The Kier molecular flexibility index (Phi) is 5.20. The monoisotopic (exact) mass is 406 g/mol. The number of benzene rings is 2. The molecule has 2 amide bonds. The van der Waals surface area contributed by atoms with Crippen LogP contribution < -0.4 is 0 Å². The van der Waals surface area contributed by atoms with Crippen LogP contribution in [-0.4, -0.2) is 63.5 Å². The zero-order chi connectivity index (χ0) is 21.3. The van der Waals surface area contributed by atoms with Crippen LogP contribution in [0.4, 0.5) is 4.79 Å². The summed E-state index contributed by atoms with van der Waals surface area (Å²) in [6.45, 7) is 7.46. The van der Waals surface area contributed by atoms with Crippen molar-refractivity contribution in [3.05, 3.63) is 54.1 Å². The van der Waals surface area contributed by atoms with Gasteiger partial charge in [0.05, 0.1) is 11.0 Å². The molecule has 0 unspecified atom stereocenters. The number of rotatable bonds is 2. The van der Waals surface area contributed by atoms with Crippen molar-refractivity contribution < 1.29 is 14.3 Å². The summed E-state index contributed by atoms with van der Waals surface area (Å²) in [6, 6.07) is 15.3. The molecule has 0 aliphatic carbocycles. The molecule has 1 aromatic heterocycles. The minimum Gasteiger partial charge on any atom is -0.444 e. The fourth-order valence-corrected chi connectivity index (χ4v) is 3.46. The highest BCUT2D eigenvalue weighted by molar-refractivity contribution is 5.95. The van der Waals surface area contributed by atoms with Gasteiger partial charge in [0.2, 0.25) is 0 Å². The molecule has 0 spiro atoms. The van der Waals surface area contributed by atoms with Gasteiger partial charge in [0.1, 0.15) is 11.4 Å². The van der Waals surface area contributed by atoms with Crippen LogP contribution in [0.2, 0.25) is 0 Å². The third-order valence-corrected chi connectivity index (χ3v) is 5.01. The maximum atomic E-state index is 12.9. The molecule has 1 aliphatic heterocycles. The molecule has 1 N–H and O–H groups in total. The first-order valence-electron chi connectivity index (χ1n) is 10.1. The summed E-state index contributed by atoms with van der Waals surface area (Å²) in [5.74, 6) is 0.746. The molecule has 156 valence electrons. The number of aromatic amines is 1. The summed E-state index contributed by atoms with van der Waals surface area (Å²) in [6.07, 6.45) is -0.329. The van der Waals surface area contributed by atoms with Crippen molar-refractivity contribution in [1.82, 2.24) is 19.8 Å². The van der Waals surface area contributed by atoms with Crippen LogP contribution in [0, 0.1) is 0 Å². The van der Waals surface area contributed by atoms with E-state index in [4.69, 9.17) is 4.74 Å². The van der Waals surface area contributed by atoms with Crippen LogP contribution in [0.5, 0.6) is 0 Å². The summed E-state index contributed by atoms with van der Waals surface area (Å²) in [4.78, 5) is 36.4. The third-order valence-electron chi connectivity index (χ3n) is 5.01. The highest BCUT2D eigenvalue weighted by atomic mass is 16.6. The fraction of sp³-hybridized carbons (Fsp3) is 0.348. The Hall–Kier alpha value is -3.35. The summed E-state index contributed by atoms with van der Waals surface area (Å²) in [7, 11) is 0. The van der Waals surface area contributed by atoms with E-state index in [1.54, 1.807) is 9.80 Å². The average molecular weight is 406 g/mol. The van der Waals surface area contributed by atoms with E-state index in [9.17, 15) is 9.59 Å². The SMILES string of the molecule is CC(C)(C)OC(=O)N1CCN(C(=O)c2ccc(-c3nc4ccccc4[nH]3)cc2)CC1. The van der Waals surface area contributed by atoms with Crippen molar-refractivity contribution in [3.63, 3.8) is 0 Å². The van der Waals surface area contributed by atoms with E-state index in [2.05, 4.69) is 9.97 Å². The molecule has 1 fully saturated rings. The number of aromatic nitrogens is 2. The van der Waals surface area contributed by atoms with Gasteiger partial charge in [-0.3, -0.25) is 4.79 Å². The molecule has 30 heavy (non-hydrogen) atoms. The van der Waals surface area contributed by atoms with Gasteiger partial charge in [-0.05, 0) is 45.0 Å². The van der Waals surface area contributed by atoms with E-state index in [-0.39, 0.29) is 12.0 Å². The second kappa shape index (κ2) is 7.82. The van der Waals surface area contributed by atoms with Gasteiger partial charge in [0, 0.05) is 37.3 Å². The lowest BCUT2D eigenvalue weighted by Gasteiger charge is -2.35. The Morgan fingerprint density at radius 3 is 2.20 bits per heavy atom. The van der Waals surface area contributed by atoms with Gasteiger partial charge in [-0.25, -0.2) is 9.78 Å². The zero-order valence-electron chi connectivity index (χ0n) is 17.5. The Morgan fingerprint density at radius 2 is 1.57 bits per heavy atom. The molecule has 0 atom stereocenters. The Morgan fingerprint density at radius 1 is 0.933 bits per heavy atom. The van der Waals surface area contributed by atoms with Crippen molar-refractivity contribution in [2.24, 2.45) is 0 Å². The Labute approximate surface area is 175 Å². The van der Waals surface area contributed by atoms with Gasteiger partial charge in [0.25, 0.3) is 5.91 Å². The first-order valence-corrected chi connectivity index (χ1v) is 10.1. The number of H-pyrrole nitrogens is 1. The van der Waals surface area contributed by atoms with E-state index in [0.29, 0.717) is 31.7 Å². The number of amides is 2. The van der Waals surface area contributed by atoms with Crippen LogP contribution in [-0.2, 0) is 4.74 Å². The Balaban J connectivity index is 1.39. The molecule has 0 radical (unpaired) electrons. The van der Waals surface area contributed by atoms with Crippen LogP contribution in [0.3, 0.4) is 0 Å². The van der Waals surface area contributed by atoms with Crippen LogP contribution >= 0.6 is 0 Å². The molecule has 7 nitrogen and oxygen atoms in total. The molecular formula is C23H26N4O3. The number of nitrogens with one attached hydrogen (secondary N) is 1. The van der Waals surface area contributed by atoms with Crippen molar-refractivity contribution in [2.45, 2.75) is 26.4 Å². The number of hydrogen-bond donors (Lipinski definition) is 1. The predicted molar refractivity (Wildman–Crippen MR) is 115 cm³/mol. The second-order valence-corrected chi connectivity index (χ2v) is 8.44. The molecule has 2 heterocycles. The van der Waals surface area contributed by atoms with E-state index in [1.807, 2.05) is 69.3 Å². The molecule has 4 rings (SSSR count). The van der Waals surface area contributed by atoms with E-state index in [0.717, 1.165) is 22.4 Å². The van der Waals surface area contributed by atoms with E-state index in [1.165, 1.54) is 0 Å². The summed E-state index contributed by atoms with van der Waals surface area (Å²) in [5, 5.41) is 0. The number of hydrogen-bond acceptors (Lipinski definition) is 4. The normalized spacial score (nSPS) is 14.8. The number of para-hydroxylation sites is 2. The number of imidazole rings is 1. The van der Waals surface area contributed by atoms with Gasteiger partial charge in [-0.2, -0.15) is 0 Å². The maximum absolute atomic E-state index is 12.9. The van der Waals surface area contributed by atoms with Crippen molar-refractivity contribution in [3.8, 4) is 11.4 Å². The van der Waals surface area contributed by atoms with Gasteiger partial charge >= 0.3 is 6.09 Å². The van der Waals surface area contributed by atoms with Crippen LogP contribution in [0.15, 0.2) is 48.5 Å². The van der Waals surface area contributed by atoms with Crippen LogP contribution in [0.1, 0.15) is 31.1 Å². The molecule has 2 aromatic carbocycles. The molecule has 3 aromatic rings. The predicted octanol–water partition coefficient (Wildman–Crippen LogP) is 3.92. The second-order valence-electron chi connectivity index (χ2n) is 8.44. The largest absolute Gasteiger partial charge is 0.444 e. The lowest BCUT2D eigenvalue weighted by Crippen LogP contribution is -2.51. The molecule has 7 heteroatoms. The minimum absolute atomic E-state index is 0.0324. The zero-order valence-corrected chi connectivity index (χ0v) is 17.5. The molecule has 0 bridgehead atoms. The van der Waals surface area contributed by atoms with Gasteiger partial charge in [-0.15, -0.1) is 0 Å². The summed E-state index contributed by atoms with van der Waals surface area (Å²) in [5.41, 5.74) is 2.93. The molecule has 1 aliphatic rings. The van der Waals surface area contributed by atoms with E-state index < -0.39 is 5.60 Å². The molecular weight excluding hydrogens is 380 g/mol. The highest BCUT2D eigenvalue weighted by Crippen LogP contribution is 2.21. The lowest BCUT2D eigenvalue weighted by molar-refractivity contribution is 0.0141. The lowest BCUT2D eigenvalue weighted by atomic mass is 10.1.